The van der Waals surface area contributed by atoms with Gasteiger partial charge in [-0.3, -0.25) is 4.79 Å². The first-order valence-corrected chi connectivity index (χ1v) is 7.35. The van der Waals surface area contributed by atoms with Crippen LogP contribution in [0.1, 0.15) is 18.2 Å². The number of ether oxygens (including phenoxy) is 1. The van der Waals surface area contributed by atoms with Crippen LogP contribution in [0.2, 0.25) is 0 Å². The van der Waals surface area contributed by atoms with E-state index in [-0.39, 0.29) is 12.4 Å². The molecule has 0 radical (unpaired) electrons. The summed E-state index contributed by atoms with van der Waals surface area (Å²) in [6.45, 7) is 4.27. The van der Waals surface area contributed by atoms with E-state index in [4.69, 9.17) is 4.74 Å². The number of carbonyl (C=O) groups excluding carboxylic acids is 1. The van der Waals surface area contributed by atoms with Gasteiger partial charge >= 0.3 is 5.97 Å². The van der Waals surface area contributed by atoms with Gasteiger partial charge in [-0.1, -0.05) is 35.9 Å². The minimum absolute atomic E-state index is 0.222. The van der Waals surface area contributed by atoms with E-state index < -0.39 is 0 Å². The number of aromatic nitrogens is 1. The van der Waals surface area contributed by atoms with E-state index >= 15 is 0 Å². The SMILES string of the molecule is C/C=C/COC(=O)Cc1csc(-c2cccc(C)c2)n1. The summed E-state index contributed by atoms with van der Waals surface area (Å²) in [5.74, 6) is -0.246. The molecule has 0 aliphatic heterocycles. The van der Waals surface area contributed by atoms with Crippen molar-refractivity contribution in [2.75, 3.05) is 6.61 Å². The molecule has 4 heteroatoms. The second-order valence-corrected chi connectivity index (χ2v) is 5.30. The summed E-state index contributed by atoms with van der Waals surface area (Å²) in [7, 11) is 0. The molecule has 104 valence electrons. The van der Waals surface area contributed by atoms with Gasteiger partial charge in [0.2, 0.25) is 0 Å². The van der Waals surface area contributed by atoms with E-state index in [1.165, 1.54) is 5.56 Å². The molecule has 1 aromatic carbocycles. The van der Waals surface area contributed by atoms with Crippen molar-refractivity contribution in [3.05, 3.63) is 53.1 Å². The molecule has 0 atom stereocenters. The number of hydrogen-bond donors (Lipinski definition) is 0. The molecule has 0 fully saturated rings. The summed E-state index contributed by atoms with van der Waals surface area (Å²) >= 11 is 1.55. The van der Waals surface area contributed by atoms with E-state index in [1.54, 1.807) is 17.4 Å². The molecule has 3 nitrogen and oxygen atoms in total. The third-order valence-electron chi connectivity index (χ3n) is 2.72. The van der Waals surface area contributed by atoms with Crippen LogP contribution in [0, 0.1) is 6.92 Å². The molecular formula is C16H17NO2S. The Morgan fingerprint density at radius 3 is 3.05 bits per heavy atom. The fraction of sp³-hybridized carbons (Fsp3) is 0.250. The highest BCUT2D eigenvalue weighted by Crippen LogP contribution is 2.24. The van der Waals surface area contributed by atoms with Crippen LogP contribution in [0.4, 0.5) is 0 Å². The number of hydrogen-bond acceptors (Lipinski definition) is 4. The largest absolute Gasteiger partial charge is 0.461 e. The first-order chi connectivity index (χ1) is 9.69. The van der Waals surface area contributed by atoms with Crippen molar-refractivity contribution in [2.45, 2.75) is 20.3 Å². The predicted molar refractivity (Wildman–Crippen MR) is 81.8 cm³/mol. The number of carbonyl (C=O) groups is 1. The van der Waals surface area contributed by atoms with Crippen LogP contribution in [0.3, 0.4) is 0 Å². The third kappa shape index (κ3) is 4.03. The van der Waals surface area contributed by atoms with Gasteiger partial charge < -0.3 is 4.74 Å². The predicted octanol–water partition coefficient (Wildman–Crippen LogP) is 3.78. The van der Waals surface area contributed by atoms with E-state index in [9.17, 15) is 4.79 Å². The van der Waals surface area contributed by atoms with Crippen LogP contribution in [0.25, 0.3) is 10.6 Å². The van der Waals surface area contributed by atoms with Crippen LogP contribution in [-0.4, -0.2) is 17.6 Å². The molecule has 0 N–H and O–H groups in total. The number of thiazole rings is 1. The molecule has 0 amide bonds. The highest BCUT2D eigenvalue weighted by Gasteiger charge is 2.09. The van der Waals surface area contributed by atoms with Crippen molar-refractivity contribution in [1.29, 1.82) is 0 Å². The molecule has 20 heavy (non-hydrogen) atoms. The van der Waals surface area contributed by atoms with Gasteiger partial charge in [-0.25, -0.2) is 4.98 Å². The maximum Gasteiger partial charge on any atom is 0.312 e. The summed E-state index contributed by atoms with van der Waals surface area (Å²) in [5.41, 5.74) is 3.05. The first-order valence-electron chi connectivity index (χ1n) is 6.47. The standard InChI is InChI=1S/C16H17NO2S/c1-3-4-8-19-15(18)10-14-11-20-16(17-14)13-7-5-6-12(2)9-13/h3-7,9,11H,8,10H2,1-2H3/b4-3+. The van der Waals surface area contributed by atoms with Crippen LogP contribution < -0.4 is 0 Å². The number of esters is 1. The highest BCUT2D eigenvalue weighted by atomic mass is 32.1. The summed E-state index contributed by atoms with van der Waals surface area (Å²) in [4.78, 5) is 16.1. The molecule has 0 bridgehead atoms. The lowest BCUT2D eigenvalue weighted by atomic mass is 10.1. The Kier molecular flexibility index (Phi) is 5.07. The molecule has 0 aliphatic rings. The molecule has 0 spiro atoms. The molecule has 0 unspecified atom stereocenters. The van der Waals surface area contributed by atoms with E-state index in [1.807, 2.05) is 30.5 Å². The molecule has 1 heterocycles. The van der Waals surface area contributed by atoms with Crippen molar-refractivity contribution in [3.63, 3.8) is 0 Å². The lowest BCUT2D eigenvalue weighted by Crippen LogP contribution is -2.08. The lowest BCUT2D eigenvalue weighted by Gasteiger charge is -1.99. The topological polar surface area (TPSA) is 39.2 Å². The van der Waals surface area contributed by atoms with Gasteiger partial charge in [-0.2, -0.15) is 0 Å². The van der Waals surface area contributed by atoms with Gasteiger partial charge in [0, 0.05) is 10.9 Å². The summed E-state index contributed by atoms with van der Waals surface area (Å²) < 4.78 is 5.06. The molecule has 2 aromatic rings. The fourth-order valence-corrected chi connectivity index (χ4v) is 2.55. The van der Waals surface area contributed by atoms with Gasteiger partial charge in [0.1, 0.15) is 11.6 Å². The number of nitrogens with zero attached hydrogens (tertiary/aromatic N) is 1. The molecule has 0 saturated carbocycles. The number of rotatable bonds is 5. The molecule has 0 aliphatic carbocycles. The number of aryl methyl sites for hydroxylation is 1. The minimum Gasteiger partial charge on any atom is -0.461 e. The average Bonchev–Trinajstić information content (AvgIpc) is 2.87. The molecular weight excluding hydrogens is 270 g/mol. The third-order valence-corrected chi connectivity index (χ3v) is 3.66. The Balaban J connectivity index is 2.00. The molecule has 0 saturated heterocycles. The van der Waals surface area contributed by atoms with Crippen molar-refractivity contribution < 1.29 is 9.53 Å². The maximum atomic E-state index is 11.6. The van der Waals surface area contributed by atoms with Crippen LogP contribution in [-0.2, 0) is 16.0 Å². The van der Waals surface area contributed by atoms with Crippen LogP contribution in [0.5, 0.6) is 0 Å². The Labute approximate surface area is 122 Å². The Hall–Kier alpha value is -1.94. The van der Waals surface area contributed by atoms with Gasteiger partial charge in [0.25, 0.3) is 0 Å². The Bertz CT molecular complexity index is 616. The van der Waals surface area contributed by atoms with E-state index in [2.05, 4.69) is 24.0 Å². The second-order valence-electron chi connectivity index (χ2n) is 4.44. The molecule has 2 rings (SSSR count). The summed E-state index contributed by atoms with van der Waals surface area (Å²) in [6.07, 6.45) is 3.88. The van der Waals surface area contributed by atoms with E-state index in [0.717, 1.165) is 16.3 Å². The summed E-state index contributed by atoms with van der Waals surface area (Å²) in [5, 5.41) is 2.85. The highest BCUT2D eigenvalue weighted by molar-refractivity contribution is 7.13. The van der Waals surface area contributed by atoms with Gasteiger partial charge in [-0.05, 0) is 19.9 Å². The Morgan fingerprint density at radius 2 is 2.30 bits per heavy atom. The minimum atomic E-state index is -0.246. The normalized spacial score (nSPS) is 10.9. The monoisotopic (exact) mass is 287 g/mol. The summed E-state index contributed by atoms with van der Waals surface area (Å²) in [6, 6.07) is 8.18. The zero-order chi connectivity index (χ0) is 14.4. The maximum absolute atomic E-state index is 11.6. The van der Waals surface area contributed by atoms with Crippen LogP contribution in [0.15, 0.2) is 41.8 Å². The van der Waals surface area contributed by atoms with Crippen molar-refractivity contribution in [2.24, 2.45) is 0 Å². The lowest BCUT2D eigenvalue weighted by molar-refractivity contribution is -0.141. The zero-order valence-electron chi connectivity index (χ0n) is 11.6. The van der Waals surface area contributed by atoms with Crippen molar-refractivity contribution >= 4 is 17.3 Å². The van der Waals surface area contributed by atoms with Crippen LogP contribution >= 0.6 is 11.3 Å². The molecule has 1 aromatic heterocycles. The quantitative estimate of drug-likeness (QED) is 0.620. The Morgan fingerprint density at radius 1 is 1.45 bits per heavy atom. The van der Waals surface area contributed by atoms with Crippen molar-refractivity contribution in [3.8, 4) is 10.6 Å². The first kappa shape index (κ1) is 14.5. The van der Waals surface area contributed by atoms with E-state index in [0.29, 0.717) is 6.61 Å². The van der Waals surface area contributed by atoms with Crippen molar-refractivity contribution in [1.82, 2.24) is 4.98 Å². The average molecular weight is 287 g/mol. The van der Waals surface area contributed by atoms with Gasteiger partial charge in [-0.15, -0.1) is 11.3 Å². The second kappa shape index (κ2) is 7.01. The number of allylic oxidation sites excluding steroid dienone is 1. The number of benzene rings is 1. The smallest absolute Gasteiger partial charge is 0.312 e. The van der Waals surface area contributed by atoms with Gasteiger partial charge in [0.05, 0.1) is 12.1 Å². The van der Waals surface area contributed by atoms with Gasteiger partial charge in [0.15, 0.2) is 0 Å². The zero-order valence-corrected chi connectivity index (χ0v) is 12.4. The fourth-order valence-electron chi connectivity index (χ4n) is 1.74.